The molecule has 0 aliphatic heterocycles. The Bertz CT molecular complexity index is 759. The molecule has 0 aliphatic rings. The Hall–Kier alpha value is -2.26. The van der Waals surface area contributed by atoms with E-state index in [4.69, 9.17) is 0 Å². The molecule has 1 heterocycles. The summed E-state index contributed by atoms with van der Waals surface area (Å²) in [5.41, 5.74) is 4.72. The summed E-state index contributed by atoms with van der Waals surface area (Å²) >= 11 is 4.45. The van der Waals surface area contributed by atoms with Gasteiger partial charge in [-0.3, -0.25) is 30.6 Å². The number of benzene rings is 1. The molecule has 1 aromatic carbocycles. The summed E-state index contributed by atoms with van der Waals surface area (Å²) < 4.78 is 0.790. The van der Waals surface area contributed by atoms with Crippen LogP contribution >= 0.6 is 27.3 Å². The first kappa shape index (κ1) is 16.1. The number of nitro benzene ring substituents is 1. The Balaban J connectivity index is 2.08. The average Bonchev–Trinajstić information content (AvgIpc) is 2.91. The molecule has 0 fully saturated rings. The standard InChI is InChI=1S/C13H10BrN3O4S/c1-7-8(3-2-4-9(7)17(20)21)12(18)15-16-13(19)10-5-6-11(14)22-10/h2-6H,1H3,(H,15,18)(H,16,19). The minimum atomic E-state index is -0.620. The Morgan fingerprint density at radius 1 is 1.18 bits per heavy atom. The van der Waals surface area contributed by atoms with Gasteiger partial charge in [0.2, 0.25) is 0 Å². The summed E-state index contributed by atoms with van der Waals surface area (Å²) in [5, 5.41) is 10.9. The third kappa shape index (κ3) is 3.49. The summed E-state index contributed by atoms with van der Waals surface area (Å²) in [6.07, 6.45) is 0. The van der Waals surface area contributed by atoms with Crippen LogP contribution in [0.2, 0.25) is 0 Å². The molecule has 0 saturated carbocycles. The van der Waals surface area contributed by atoms with Gasteiger partial charge in [-0.2, -0.15) is 0 Å². The van der Waals surface area contributed by atoms with E-state index < -0.39 is 16.7 Å². The number of nitro groups is 1. The predicted octanol–water partition coefficient (Wildman–Crippen LogP) is 2.80. The molecule has 2 rings (SSSR count). The molecular weight excluding hydrogens is 374 g/mol. The molecule has 22 heavy (non-hydrogen) atoms. The summed E-state index contributed by atoms with van der Waals surface area (Å²) in [5.74, 6) is -1.09. The maximum Gasteiger partial charge on any atom is 0.279 e. The fraction of sp³-hybridized carbons (Fsp3) is 0.0769. The van der Waals surface area contributed by atoms with Crippen LogP contribution in [0, 0.1) is 17.0 Å². The van der Waals surface area contributed by atoms with Crippen LogP contribution in [0.5, 0.6) is 0 Å². The first-order valence-electron chi connectivity index (χ1n) is 6.00. The number of rotatable bonds is 3. The van der Waals surface area contributed by atoms with Gasteiger partial charge in [0, 0.05) is 11.6 Å². The summed E-state index contributed by atoms with van der Waals surface area (Å²) in [7, 11) is 0. The van der Waals surface area contributed by atoms with Crippen molar-refractivity contribution >= 4 is 44.8 Å². The summed E-state index contributed by atoms with van der Waals surface area (Å²) in [6.45, 7) is 1.48. The van der Waals surface area contributed by atoms with E-state index in [1.165, 1.54) is 36.5 Å². The van der Waals surface area contributed by atoms with Crippen LogP contribution in [0.4, 0.5) is 5.69 Å². The lowest BCUT2D eigenvalue weighted by Crippen LogP contribution is -2.41. The van der Waals surface area contributed by atoms with E-state index in [2.05, 4.69) is 26.8 Å². The van der Waals surface area contributed by atoms with Crippen LogP contribution in [0.1, 0.15) is 25.6 Å². The zero-order valence-corrected chi connectivity index (χ0v) is 13.7. The van der Waals surface area contributed by atoms with Crippen molar-refractivity contribution in [2.24, 2.45) is 0 Å². The van der Waals surface area contributed by atoms with Crippen LogP contribution in [-0.4, -0.2) is 16.7 Å². The van der Waals surface area contributed by atoms with Gasteiger partial charge in [0.25, 0.3) is 17.5 Å². The zero-order chi connectivity index (χ0) is 16.3. The van der Waals surface area contributed by atoms with E-state index in [1.54, 1.807) is 12.1 Å². The summed E-state index contributed by atoms with van der Waals surface area (Å²) in [6, 6.07) is 7.50. The second kappa shape index (κ2) is 6.67. The van der Waals surface area contributed by atoms with Crippen molar-refractivity contribution in [3.63, 3.8) is 0 Å². The highest BCUT2D eigenvalue weighted by molar-refractivity contribution is 9.11. The Morgan fingerprint density at radius 3 is 2.45 bits per heavy atom. The monoisotopic (exact) mass is 383 g/mol. The molecule has 2 amide bonds. The van der Waals surface area contributed by atoms with Crippen molar-refractivity contribution < 1.29 is 14.5 Å². The van der Waals surface area contributed by atoms with Gasteiger partial charge < -0.3 is 0 Å². The zero-order valence-electron chi connectivity index (χ0n) is 11.3. The van der Waals surface area contributed by atoms with Crippen LogP contribution < -0.4 is 10.9 Å². The van der Waals surface area contributed by atoms with Gasteiger partial charge in [0.1, 0.15) is 0 Å². The molecule has 0 bridgehead atoms. The molecule has 0 aliphatic carbocycles. The van der Waals surface area contributed by atoms with Crippen molar-refractivity contribution in [1.82, 2.24) is 10.9 Å². The lowest BCUT2D eigenvalue weighted by molar-refractivity contribution is -0.385. The lowest BCUT2D eigenvalue weighted by Gasteiger charge is -2.08. The number of hydrazine groups is 1. The number of carbonyl (C=O) groups excluding carboxylic acids is 2. The van der Waals surface area contributed by atoms with Crippen LogP contribution in [0.15, 0.2) is 34.1 Å². The first-order chi connectivity index (χ1) is 10.4. The smallest absolute Gasteiger partial charge is 0.267 e. The number of hydrogen-bond donors (Lipinski definition) is 2. The molecular formula is C13H10BrN3O4S. The molecule has 0 atom stereocenters. The number of nitrogens with zero attached hydrogens (tertiary/aromatic N) is 1. The molecule has 0 radical (unpaired) electrons. The second-order valence-corrected chi connectivity index (χ2v) is 6.68. The third-order valence-corrected chi connectivity index (χ3v) is 4.46. The van der Waals surface area contributed by atoms with E-state index in [9.17, 15) is 19.7 Å². The van der Waals surface area contributed by atoms with Crippen molar-refractivity contribution in [3.8, 4) is 0 Å². The van der Waals surface area contributed by atoms with Gasteiger partial charge in [-0.1, -0.05) is 6.07 Å². The van der Waals surface area contributed by atoms with Crippen LogP contribution in [0.25, 0.3) is 0 Å². The predicted molar refractivity (Wildman–Crippen MR) is 84.8 cm³/mol. The molecule has 2 N–H and O–H groups in total. The van der Waals surface area contributed by atoms with Crippen LogP contribution in [0.3, 0.4) is 0 Å². The SMILES string of the molecule is Cc1c(C(=O)NNC(=O)c2ccc(Br)s2)cccc1[N+](=O)[O-]. The van der Waals surface area contributed by atoms with Gasteiger partial charge in [-0.25, -0.2) is 0 Å². The highest BCUT2D eigenvalue weighted by Gasteiger charge is 2.18. The van der Waals surface area contributed by atoms with Crippen molar-refractivity contribution in [2.75, 3.05) is 0 Å². The first-order valence-corrected chi connectivity index (χ1v) is 7.61. The molecule has 0 saturated heterocycles. The Labute approximate surface area is 137 Å². The molecule has 1 aromatic heterocycles. The number of hydrogen-bond acceptors (Lipinski definition) is 5. The molecule has 2 aromatic rings. The van der Waals surface area contributed by atoms with Crippen molar-refractivity contribution in [2.45, 2.75) is 6.92 Å². The third-order valence-electron chi connectivity index (χ3n) is 2.83. The van der Waals surface area contributed by atoms with E-state index in [0.717, 1.165) is 3.79 Å². The minimum Gasteiger partial charge on any atom is -0.267 e. The second-order valence-electron chi connectivity index (χ2n) is 4.22. The van der Waals surface area contributed by atoms with Gasteiger partial charge in [0.05, 0.1) is 19.2 Å². The number of thiophene rings is 1. The lowest BCUT2D eigenvalue weighted by atomic mass is 10.1. The van der Waals surface area contributed by atoms with Gasteiger partial charge in [-0.05, 0) is 41.1 Å². The largest absolute Gasteiger partial charge is 0.279 e. The average molecular weight is 384 g/mol. The highest BCUT2D eigenvalue weighted by atomic mass is 79.9. The van der Waals surface area contributed by atoms with Crippen LogP contribution in [-0.2, 0) is 0 Å². The molecule has 114 valence electrons. The number of nitrogens with one attached hydrogen (secondary N) is 2. The molecule has 9 heteroatoms. The maximum absolute atomic E-state index is 12.0. The van der Waals surface area contributed by atoms with Crippen molar-refractivity contribution in [3.05, 3.63) is 60.2 Å². The van der Waals surface area contributed by atoms with Gasteiger partial charge in [-0.15, -0.1) is 11.3 Å². The number of amides is 2. The molecule has 7 nitrogen and oxygen atoms in total. The highest BCUT2D eigenvalue weighted by Crippen LogP contribution is 2.22. The molecule has 0 unspecified atom stereocenters. The molecule has 0 spiro atoms. The fourth-order valence-electron chi connectivity index (χ4n) is 1.75. The summed E-state index contributed by atoms with van der Waals surface area (Å²) in [4.78, 5) is 34.5. The minimum absolute atomic E-state index is 0.127. The normalized spacial score (nSPS) is 10.1. The number of halogens is 1. The van der Waals surface area contributed by atoms with E-state index >= 15 is 0 Å². The Morgan fingerprint density at radius 2 is 1.86 bits per heavy atom. The fourth-order valence-corrected chi connectivity index (χ4v) is 3.03. The topological polar surface area (TPSA) is 101 Å². The van der Waals surface area contributed by atoms with Crippen molar-refractivity contribution in [1.29, 1.82) is 0 Å². The van der Waals surface area contributed by atoms with E-state index in [1.807, 2.05) is 0 Å². The maximum atomic E-state index is 12.0. The van der Waals surface area contributed by atoms with E-state index in [0.29, 0.717) is 4.88 Å². The van der Waals surface area contributed by atoms with Gasteiger partial charge in [0.15, 0.2) is 0 Å². The van der Waals surface area contributed by atoms with Gasteiger partial charge >= 0.3 is 0 Å². The Kier molecular flexibility index (Phi) is 4.88. The number of carbonyl (C=O) groups is 2. The quantitative estimate of drug-likeness (QED) is 0.628. The van der Waals surface area contributed by atoms with E-state index in [-0.39, 0.29) is 16.8 Å².